The summed E-state index contributed by atoms with van der Waals surface area (Å²) in [7, 11) is 1.54. The van der Waals surface area contributed by atoms with Crippen LogP contribution in [0.3, 0.4) is 0 Å². The summed E-state index contributed by atoms with van der Waals surface area (Å²) in [5.74, 6) is 0.906. The minimum absolute atomic E-state index is 0.0621. The molecule has 1 aromatic heterocycles. The lowest BCUT2D eigenvalue weighted by molar-refractivity contribution is 0.104. The molecule has 0 unspecified atom stereocenters. The average Bonchev–Trinajstić information content (AvgIpc) is 3.18. The first-order chi connectivity index (χ1) is 12.5. The number of benzene rings is 1. The average molecular weight is 380 g/mol. The van der Waals surface area contributed by atoms with Crippen molar-refractivity contribution in [1.29, 1.82) is 0 Å². The second kappa shape index (κ2) is 7.50. The number of fused-ring (bicyclic) bond motifs is 1. The van der Waals surface area contributed by atoms with Crippen molar-refractivity contribution in [2.24, 2.45) is 0 Å². The lowest BCUT2D eigenvalue weighted by Crippen LogP contribution is -2.11. The highest BCUT2D eigenvalue weighted by atomic mass is 35.5. The Labute approximate surface area is 157 Å². The lowest BCUT2D eigenvalue weighted by Gasteiger charge is -2.15. The van der Waals surface area contributed by atoms with Gasteiger partial charge in [-0.2, -0.15) is 0 Å². The Balaban J connectivity index is 2.24. The van der Waals surface area contributed by atoms with Gasteiger partial charge < -0.3 is 23.9 Å². The highest BCUT2D eigenvalue weighted by Crippen LogP contribution is 2.50. The number of hydrogen-bond donors (Lipinski definition) is 1. The van der Waals surface area contributed by atoms with Crippen LogP contribution in [0.1, 0.15) is 31.5 Å². The molecule has 0 radical (unpaired) electrons. The van der Waals surface area contributed by atoms with Gasteiger partial charge in [0.1, 0.15) is 5.75 Å². The summed E-state index contributed by atoms with van der Waals surface area (Å²) in [5, 5.41) is 11.4. The van der Waals surface area contributed by atoms with E-state index < -0.39 is 6.16 Å². The fourth-order valence-corrected chi connectivity index (χ4v) is 3.68. The van der Waals surface area contributed by atoms with Gasteiger partial charge in [0, 0.05) is 17.1 Å². The van der Waals surface area contributed by atoms with Crippen LogP contribution in [0.4, 0.5) is 4.79 Å². The summed E-state index contributed by atoms with van der Waals surface area (Å²) in [4.78, 5) is 12.0. The van der Waals surface area contributed by atoms with Gasteiger partial charge in [0.05, 0.1) is 25.0 Å². The van der Waals surface area contributed by atoms with Crippen LogP contribution in [-0.4, -0.2) is 29.5 Å². The van der Waals surface area contributed by atoms with Crippen LogP contribution in [0.15, 0.2) is 12.1 Å². The second-order valence-corrected chi connectivity index (χ2v) is 6.45. The largest absolute Gasteiger partial charge is 0.513 e. The second-order valence-electron chi connectivity index (χ2n) is 6.01. The zero-order valence-electron chi connectivity index (χ0n) is 15.1. The van der Waals surface area contributed by atoms with Gasteiger partial charge in [-0.15, -0.1) is 0 Å². The zero-order valence-corrected chi connectivity index (χ0v) is 15.9. The number of methoxy groups -OCH3 is 1. The maximum absolute atomic E-state index is 12.0. The molecule has 1 N–H and O–H groups in total. The number of carbonyl (C=O) groups is 1. The normalized spacial score (nSPS) is 12.8. The molecule has 0 spiro atoms. The molecule has 3 rings (SSSR count). The van der Waals surface area contributed by atoms with E-state index in [1.807, 2.05) is 13.0 Å². The summed E-state index contributed by atoms with van der Waals surface area (Å²) in [6, 6.07) is 3.52. The Kier molecular flexibility index (Phi) is 5.32. The number of aromatic hydroxyl groups is 1. The topological polar surface area (TPSA) is 69.9 Å². The number of nitrogens with zero attached hydrogens (tertiary/aromatic N) is 1. The van der Waals surface area contributed by atoms with Crippen LogP contribution in [0.2, 0.25) is 5.02 Å². The Hall–Kier alpha value is -2.34. The highest BCUT2D eigenvalue weighted by molar-refractivity contribution is 6.31. The first-order valence-electron chi connectivity index (χ1n) is 8.67. The number of halogens is 1. The summed E-state index contributed by atoms with van der Waals surface area (Å²) in [6.45, 7) is 4.57. The molecule has 7 heteroatoms. The van der Waals surface area contributed by atoms with E-state index in [9.17, 15) is 9.90 Å². The predicted molar refractivity (Wildman–Crippen MR) is 98.4 cm³/mol. The van der Waals surface area contributed by atoms with Crippen molar-refractivity contribution in [3.63, 3.8) is 0 Å². The molecule has 0 saturated heterocycles. The number of rotatable bonds is 5. The van der Waals surface area contributed by atoms with Crippen molar-refractivity contribution in [1.82, 2.24) is 4.57 Å². The number of aromatic nitrogens is 1. The molecule has 0 fully saturated rings. The first kappa shape index (κ1) is 18.5. The van der Waals surface area contributed by atoms with Crippen molar-refractivity contribution >= 4 is 17.8 Å². The van der Waals surface area contributed by atoms with Gasteiger partial charge in [-0.3, -0.25) is 0 Å². The van der Waals surface area contributed by atoms with Crippen molar-refractivity contribution in [3.05, 3.63) is 28.4 Å². The SMILES string of the molecule is CCOC(=O)Oc1c(-c2c(CC)cc(Cl)cc2OC)c(O)n2c1CCC2. The number of hydrogen-bond acceptors (Lipinski definition) is 5. The molecule has 0 saturated carbocycles. The van der Waals surface area contributed by atoms with Crippen molar-refractivity contribution in [2.45, 2.75) is 39.7 Å². The fourth-order valence-electron chi connectivity index (χ4n) is 3.45. The maximum Gasteiger partial charge on any atom is 0.513 e. The van der Waals surface area contributed by atoms with Crippen LogP contribution in [-0.2, 0) is 24.1 Å². The molecule has 0 aliphatic carbocycles. The molecule has 0 bridgehead atoms. The Morgan fingerprint density at radius 1 is 1.31 bits per heavy atom. The molecule has 6 nitrogen and oxygen atoms in total. The summed E-state index contributed by atoms with van der Waals surface area (Å²) < 4.78 is 17.7. The third kappa shape index (κ3) is 3.09. The van der Waals surface area contributed by atoms with Crippen molar-refractivity contribution in [2.75, 3.05) is 13.7 Å². The van der Waals surface area contributed by atoms with E-state index in [0.29, 0.717) is 47.0 Å². The van der Waals surface area contributed by atoms with Gasteiger partial charge >= 0.3 is 6.16 Å². The molecule has 1 aliphatic heterocycles. The minimum Gasteiger partial charge on any atom is -0.496 e. The first-order valence-corrected chi connectivity index (χ1v) is 9.05. The van der Waals surface area contributed by atoms with Gasteiger partial charge in [-0.25, -0.2) is 4.79 Å². The Morgan fingerprint density at radius 2 is 2.08 bits per heavy atom. The van der Waals surface area contributed by atoms with E-state index in [1.165, 1.54) is 0 Å². The fraction of sp³-hybridized carbons (Fsp3) is 0.421. The van der Waals surface area contributed by atoms with Crippen LogP contribution in [0.5, 0.6) is 17.4 Å². The molecule has 0 amide bonds. The third-order valence-electron chi connectivity index (χ3n) is 4.54. The van der Waals surface area contributed by atoms with Gasteiger partial charge in [-0.1, -0.05) is 18.5 Å². The predicted octanol–water partition coefficient (Wildman–Crippen LogP) is 4.57. The van der Waals surface area contributed by atoms with E-state index in [-0.39, 0.29) is 12.5 Å². The highest BCUT2D eigenvalue weighted by Gasteiger charge is 2.32. The maximum atomic E-state index is 12.0. The van der Waals surface area contributed by atoms with Crippen LogP contribution in [0, 0.1) is 0 Å². The number of carbonyl (C=O) groups excluding carboxylic acids is 1. The molecular weight excluding hydrogens is 358 g/mol. The smallest absolute Gasteiger partial charge is 0.496 e. The molecule has 1 aliphatic rings. The summed E-state index contributed by atoms with van der Waals surface area (Å²) in [6.07, 6.45) is 1.46. The lowest BCUT2D eigenvalue weighted by atomic mass is 9.97. The van der Waals surface area contributed by atoms with E-state index in [0.717, 1.165) is 17.7 Å². The molecule has 140 valence electrons. The van der Waals surface area contributed by atoms with Crippen molar-refractivity contribution in [3.8, 4) is 28.5 Å². The molecule has 2 heterocycles. The van der Waals surface area contributed by atoms with Crippen LogP contribution >= 0.6 is 11.6 Å². The van der Waals surface area contributed by atoms with Gasteiger partial charge in [-0.05, 0) is 43.9 Å². The van der Waals surface area contributed by atoms with E-state index in [4.69, 9.17) is 25.8 Å². The van der Waals surface area contributed by atoms with Gasteiger partial charge in [0.15, 0.2) is 5.75 Å². The van der Waals surface area contributed by atoms with Gasteiger partial charge in [0.2, 0.25) is 5.88 Å². The molecule has 0 atom stereocenters. The third-order valence-corrected chi connectivity index (χ3v) is 4.75. The quantitative estimate of drug-likeness (QED) is 0.771. The Morgan fingerprint density at radius 3 is 2.73 bits per heavy atom. The Bertz CT molecular complexity index is 818. The van der Waals surface area contributed by atoms with E-state index in [1.54, 1.807) is 24.7 Å². The monoisotopic (exact) mass is 379 g/mol. The number of ether oxygens (including phenoxy) is 3. The van der Waals surface area contributed by atoms with Gasteiger partial charge in [0.25, 0.3) is 0 Å². The standard InChI is InChI=1S/C19H22ClNO5/c1-4-11-9-12(20)10-14(24-3)15(11)16-17(26-19(23)25-5-2)13-7-6-8-21(13)18(16)22/h9-10,22H,4-8H2,1-3H3. The minimum atomic E-state index is -0.792. The molecule has 26 heavy (non-hydrogen) atoms. The van der Waals surface area contributed by atoms with Crippen molar-refractivity contribution < 1.29 is 24.1 Å². The van der Waals surface area contributed by atoms with Crippen LogP contribution < -0.4 is 9.47 Å². The molecular formula is C19H22ClNO5. The summed E-state index contributed by atoms with van der Waals surface area (Å²) in [5.41, 5.74) is 2.79. The summed E-state index contributed by atoms with van der Waals surface area (Å²) >= 11 is 6.19. The van der Waals surface area contributed by atoms with E-state index in [2.05, 4.69) is 0 Å². The molecule has 2 aromatic rings. The van der Waals surface area contributed by atoms with E-state index >= 15 is 0 Å². The molecule has 1 aromatic carbocycles. The van der Waals surface area contributed by atoms with Crippen LogP contribution in [0.25, 0.3) is 11.1 Å². The number of aryl methyl sites for hydroxylation is 1. The zero-order chi connectivity index (χ0) is 18.8.